The molecule has 0 saturated heterocycles. The van der Waals surface area contributed by atoms with E-state index < -0.39 is 0 Å². The Hall–Kier alpha value is -1.81. The van der Waals surface area contributed by atoms with E-state index in [1.165, 1.54) is 6.20 Å². The van der Waals surface area contributed by atoms with Gasteiger partial charge >= 0.3 is 0 Å². The van der Waals surface area contributed by atoms with Gasteiger partial charge in [-0.25, -0.2) is 0 Å². The summed E-state index contributed by atoms with van der Waals surface area (Å²) in [5.41, 5.74) is 2.11. The number of nitrogens with one attached hydrogen (secondary N) is 2. The molecule has 2 rings (SSSR count). The first kappa shape index (κ1) is 10.7. The summed E-state index contributed by atoms with van der Waals surface area (Å²) in [7, 11) is 0. The zero-order chi connectivity index (χ0) is 11.5. The minimum absolute atomic E-state index is 0.202. The molecule has 82 valence electrons. The van der Waals surface area contributed by atoms with Gasteiger partial charge in [-0.15, -0.1) is 0 Å². The van der Waals surface area contributed by atoms with Crippen molar-refractivity contribution in [3.05, 3.63) is 46.7 Å². The van der Waals surface area contributed by atoms with Crippen molar-refractivity contribution in [1.29, 1.82) is 0 Å². The zero-order valence-corrected chi connectivity index (χ0v) is 9.38. The van der Waals surface area contributed by atoms with E-state index in [0.717, 1.165) is 5.56 Å². The summed E-state index contributed by atoms with van der Waals surface area (Å²) in [6.45, 7) is 1.89. The number of nitrogens with zero attached hydrogens (tertiary/aromatic N) is 1. The number of carbonyl (C=O) groups excluding carboxylic acids is 1. The van der Waals surface area contributed by atoms with Crippen molar-refractivity contribution in [1.82, 2.24) is 10.2 Å². The fraction of sp³-hybridized carbons (Fsp3) is 0.0909. The number of anilines is 1. The molecule has 0 aliphatic carbocycles. The standard InChI is InChI=1S/C11H10ClN3O/c1-7-2-8(4-9(12)3-7)11(16)15-10-5-13-14-6-10/h2-6H,1H3,(H,13,14)(H,15,16). The Balaban J connectivity index is 2.21. The molecule has 1 amide bonds. The van der Waals surface area contributed by atoms with E-state index in [4.69, 9.17) is 11.6 Å². The number of hydrogen-bond donors (Lipinski definition) is 2. The lowest BCUT2D eigenvalue weighted by molar-refractivity contribution is 0.102. The molecule has 2 N–H and O–H groups in total. The van der Waals surface area contributed by atoms with Gasteiger partial charge in [-0.3, -0.25) is 9.89 Å². The van der Waals surface area contributed by atoms with Gasteiger partial charge in [0.1, 0.15) is 0 Å². The highest BCUT2D eigenvalue weighted by atomic mass is 35.5. The van der Waals surface area contributed by atoms with Crippen molar-refractivity contribution >= 4 is 23.2 Å². The van der Waals surface area contributed by atoms with Gasteiger partial charge < -0.3 is 5.32 Å². The van der Waals surface area contributed by atoms with Crippen molar-refractivity contribution in [2.45, 2.75) is 6.92 Å². The van der Waals surface area contributed by atoms with Gasteiger partial charge in [0.2, 0.25) is 0 Å². The fourth-order valence-corrected chi connectivity index (χ4v) is 1.68. The molecule has 0 spiro atoms. The molecule has 0 fully saturated rings. The van der Waals surface area contributed by atoms with E-state index >= 15 is 0 Å². The van der Waals surface area contributed by atoms with Crippen molar-refractivity contribution in [3.8, 4) is 0 Å². The maximum Gasteiger partial charge on any atom is 0.255 e. The summed E-state index contributed by atoms with van der Waals surface area (Å²) < 4.78 is 0. The number of benzene rings is 1. The molecule has 0 unspecified atom stereocenters. The monoisotopic (exact) mass is 235 g/mol. The first-order valence-corrected chi connectivity index (χ1v) is 5.10. The smallest absolute Gasteiger partial charge is 0.255 e. The van der Waals surface area contributed by atoms with Crippen molar-refractivity contribution < 1.29 is 4.79 Å². The number of aryl methyl sites for hydroxylation is 1. The zero-order valence-electron chi connectivity index (χ0n) is 8.62. The number of aromatic amines is 1. The van der Waals surface area contributed by atoms with Crippen molar-refractivity contribution in [2.75, 3.05) is 5.32 Å². The molecule has 0 radical (unpaired) electrons. The maximum absolute atomic E-state index is 11.8. The Morgan fingerprint density at radius 2 is 2.25 bits per heavy atom. The van der Waals surface area contributed by atoms with Crippen LogP contribution in [0.25, 0.3) is 0 Å². The van der Waals surface area contributed by atoms with Crippen LogP contribution in [-0.2, 0) is 0 Å². The summed E-state index contributed by atoms with van der Waals surface area (Å²) in [6, 6.07) is 5.21. The van der Waals surface area contributed by atoms with E-state index in [-0.39, 0.29) is 5.91 Å². The molecular weight excluding hydrogens is 226 g/mol. The predicted molar refractivity (Wildman–Crippen MR) is 62.7 cm³/mol. The highest BCUT2D eigenvalue weighted by Gasteiger charge is 2.07. The average molecular weight is 236 g/mol. The van der Waals surface area contributed by atoms with Gasteiger partial charge in [0, 0.05) is 16.8 Å². The van der Waals surface area contributed by atoms with Crippen LogP contribution in [0.2, 0.25) is 5.02 Å². The van der Waals surface area contributed by atoms with Gasteiger partial charge in [0.15, 0.2) is 0 Å². The van der Waals surface area contributed by atoms with E-state index in [2.05, 4.69) is 15.5 Å². The van der Waals surface area contributed by atoms with E-state index in [1.807, 2.05) is 6.92 Å². The van der Waals surface area contributed by atoms with Gasteiger partial charge in [0.25, 0.3) is 5.91 Å². The molecule has 0 atom stereocenters. The first-order valence-electron chi connectivity index (χ1n) is 4.72. The summed E-state index contributed by atoms with van der Waals surface area (Å²) in [5.74, 6) is -0.202. The fourth-order valence-electron chi connectivity index (χ4n) is 1.39. The summed E-state index contributed by atoms with van der Waals surface area (Å²) >= 11 is 5.88. The molecule has 0 aliphatic rings. The molecule has 4 nitrogen and oxygen atoms in total. The number of amides is 1. The number of carbonyl (C=O) groups is 1. The second-order valence-electron chi connectivity index (χ2n) is 3.46. The number of rotatable bonds is 2. The topological polar surface area (TPSA) is 57.8 Å². The molecule has 0 aliphatic heterocycles. The molecule has 16 heavy (non-hydrogen) atoms. The van der Waals surface area contributed by atoms with Gasteiger partial charge in [-0.05, 0) is 30.7 Å². The lowest BCUT2D eigenvalue weighted by Gasteiger charge is -2.04. The predicted octanol–water partition coefficient (Wildman–Crippen LogP) is 2.62. The van der Waals surface area contributed by atoms with Crippen LogP contribution in [0.5, 0.6) is 0 Å². The van der Waals surface area contributed by atoms with Gasteiger partial charge in [-0.1, -0.05) is 11.6 Å². The van der Waals surface area contributed by atoms with Crippen LogP contribution >= 0.6 is 11.6 Å². The van der Waals surface area contributed by atoms with Gasteiger partial charge in [0.05, 0.1) is 11.9 Å². The highest BCUT2D eigenvalue weighted by Crippen LogP contribution is 2.15. The third-order valence-corrected chi connectivity index (χ3v) is 2.28. The summed E-state index contributed by atoms with van der Waals surface area (Å²) in [6.07, 6.45) is 3.14. The first-order chi connectivity index (χ1) is 7.65. The second kappa shape index (κ2) is 4.37. The Labute approximate surface area is 97.6 Å². The van der Waals surface area contributed by atoms with Crippen LogP contribution in [0.1, 0.15) is 15.9 Å². The Morgan fingerprint density at radius 3 is 2.88 bits per heavy atom. The third-order valence-electron chi connectivity index (χ3n) is 2.06. The molecule has 1 aromatic carbocycles. The average Bonchev–Trinajstić information content (AvgIpc) is 2.68. The molecule has 5 heteroatoms. The minimum Gasteiger partial charge on any atom is -0.319 e. The van der Waals surface area contributed by atoms with Crippen LogP contribution in [-0.4, -0.2) is 16.1 Å². The number of hydrogen-bond acceptors (Lipinski definition) is 2. The molecule has 0 bridgehead atoms. The molecule has 2 aromatic rings. The van der Waals surface area contributed by atoms with Gasteiger partial charge in [-0.2, -0.15) is 5.10 Å². The number of halogens is 1. The number of aromatic nitrogens is 2. The second-order valence-corrected chi connectivity index (χ2v) is 3.89. The lowest BCUT2D eigenvalue weighted by atomic mass is 10.1. The van der Waals surface area contributed by atoms with Crippen LogP contribution in [0.15, 0.2) is 30.6 Å². The van der Waals surface area contributed by atoms with Crippen LogP contribution in [0.4, 0.5) is 5.69 Å². The number of H-pyrrole nitrogens is 1. The maximum atomic E-state index is 11.8. The van der Waals surface area contributed by atoms with Crippen LogP contribution in [0, 0.1) is 6.92 Å². The largest absolute Gasteiger partial charge is 0.319 e. The van der Waals surface area contributed by atoms with Crippen molar-refractivity contribution in [2.24, 2.45) is 0 Å². The highest BCUT2D eigenvalue weighted by molar-refractivity contribution is 6.31. The van der Waals surface area contributed by atoms with E-state index in [9.17, 15) is 4.79 Å². The summed E-state index contributed by atoms with van der Waals surface area (Å²) in [4.78, 5) is 11.8. The molecule has 1 aromatic heterocycles. The molecule has 0 saturated carbocycles. The third kappa shape index (κ3) is 2.41. The summed E-state index contributed by atoms with van der Waals surface area (Å²) in [5, 5.41) is 9.61. The van der Waals surface area contributed by atoms with E-state index in [1.54, 1.807) is 24.4 Å². The lowest BCUT2D eigenvalue weighted by Crippen LogP contribution is -2.11. The van der Waals surface area contributed by atoms with Crippen molar-refractivity contribution in [3.63, 3.8) is 0 Å². The molecular formula is C11H10ClN3O. The van der Waals surface area contributed by atoms with Crippen LogP contribution < -0.4 is 5.32 Å². The molecule has 1 heterocycles. The normalized spacial score (nSPS) is 10.1. The minimum atomic E-state index is -0.202. The Morgan fingerprint density at radius 1 is 1.44 bits per heavy atom. The Kier molecular flexibility index (Phi) is 2.92. The SMILES string of the molecule is Cc1cc(Cl)cc(C(=O)Nc2cn[nH]c2)c1. The van der Waals surface area contributed by atoms with E-state index in [0.29, 0.717) is 16.3 Å². The quantitative estimate of drug-likeness (QED) is 0.841. The Bertz CT molecular complexity index is 488. The van der Waals surface area contributed by atoms with Crippen LogP contribution in [0.3, 0.4) is 0 Å².